The van der Waals surface area contributed by atoms with Crippen LogP contribution in [0, 0.1) is 30.1 Å². The Balaban J connectivity index is 1.42. The van der Waals surface area contributed by atoms with Crippen molar-refractivity contribution < 1.29 is 0 Å². The van der Waals surface area contributed by atoms with E-state index in [-0.39, 0.29) is 0 Å². The largest absolute Gasteiger partial charge is 0.361 e. The molecule has 0 radical (unpaired) electrons. The highest BCUT2D eigenvalue weighted by Crippen LogP contribution is 2.30. The first kappa shape index (κ1) is 20.8. The molecule has 0 amide bonds. The summed E-state index contributed by atoms with van der Waals surface area (Å²) >= 11 is 0. The predicted octanol–water partition coefficient (Wildman–Crippen LogP) is 5.48. The zero-order chi connectivity index (χ0) is 22.6. The highest BCUT2D eigenvalue weighted by Gasteiger charge is 2.12. The fraction of sp³-hybridized carbons (Fsp3) is 0.214. The third kappa shape index (κ3) is 4.46. The van der Waals surface area contributed by atoms with Crippen LogP contribution in [-0.2, 0) is 6.54 Å². The molecule has 2 aromatic carbocycles. The van der Waals surface area contributed by atoms with Crippen molar-refractivity contribution in [3.05, 3.63) is 88.9 Å². The Morgan fingerprint density at radius 2 is 1.79 bits per heavy atom. The lowest BCUT2D eigenvalue weighted by molar-refractivity contribution is 0.331. The number of anilines is 2. The quantitative estimate of drug-likeness (QED) is 0.420. The van der Waals surface area contributed by atoms with E-state index in [0.29, 0.717) is 16.8 Å². The average Bonchev–Trinajstić information content (AvgIpc) is 3.53. The predicted molar refractivity (Wildman–Crippen MR) is 132 cm³/mol. The van der Waals surface area contributed by atoms with E-state index in [9.17, 15) is 5.26 Å². The van der Waals surface area contributed by atoms with E-state index in [1.165, 1.54) is 31.5 Å². The molecule has 0 unspecified atom stereocenters. The van der Waals surface area contributed by atoms with Crippen molar-refractivity contribution in [3.8, 4) is 17.9 Å². The maximum absolute atomic E-state index is 9.67. The lowest BCUT2D eigenvalue weighted by Gasteiger charge is -2.14. The van der Waals surface area contributed by atoms with Gasteiger partial charge in [-0.25, -0.2) is 0 Å². The Morgan fingerprint density at radius 1 is 1.00 bits per heavy atom. The Morgan fingerprint density at radius 3 is 2.58 bits per heavy atom. The number of nitriles is 1. The van der Waals surface area contributed by atoms with Crippen LogP contribution >= 0.6 is 0 Å². The molecule has 0 atom stereocenters. The summed E-state index contributed by atoms with van der Waals surface area (Å²) in [7, 11) is 0. The number of likely N-dealkylation sites (tertiary alicyclic amines) is 1. The third-order valence-electron chi connectivity index (χ3n) is 6.23. The summed E-state index contributed by atoms with van der Waals surface area (Å²) in [6, 6.07) is 16.8. The molecule has 2 N–H and O–H groups in total. The van der Waals surface area contributed by atoms with Gasteiger partial charge in [0, 0.05) is 47.3 Å². The van der Waals surface area contributed by atoms with Crippen LogP contribution in [0.2, 0.25) is 0 Å². The minimum atomic E-state index is 0.469. The van der Waals surface area contributed by atoms with Gasteiger partial charge in [-0.1, -0.05) is 24.0 Å². The summed E-state index contributed by atoms with van der Waals surface area (Å²) in [5.41, 5.74) is 7.25. The van der Waals surface area contributed by atoms with Crippen LogP contribution in [-0.4, -0.2) is 28.0 Å². The summed E-state index contributed by atoms with van der Waals surface area (Å²) in [6.07, 6.45) is 7.82. The van der Waals surface area contributed by atoms with Crippen LogP contribution in [0.3, 0.4) is 0 Å². The molecule has 0 saturated carbocycles. The van der Waals surface area contributed by atoms with Crippen LogP contribution in [0.5, 0.6) is 0 Å². The number of fused-ring (bicyclic) bond motifs is 1. The number of H-pyrrole nitrogens is 1. The molecule has 5 heteroatoms. The van der Waals surface area contributed by atoms with Crippen molar-refractivity contribution in [2.45, 2.75) is 26.3 Å². The van der Waals surface area contributed by atoms with Gasteiger partial charge in [-0.3, -0.25) is 9.88 Å². The number of rotatable bonds is 4. The third-order valence-corrected chi connectivity index (χ3v) is 6.23. The van der Waals surface area contributed by atoms with Crippen LogP contribution in [0.1, 0.15) is 40.7 Å². The lowest BCUT2D eigenvalue weighted by atomic mass is 10.1. The summed E-state index contributed by atoms with van der Waals surface area (Å²) in [5, 5.41) is 14.3. The van der Waals surface area contributed by atoms with Crippen LogP contribution in [0.4, 0.5) is 11.4 Å². The molecule has 5 nitrogen and oxygen atoms in total. The zero-order valence-electron chi connectivity index (χ0n) is 18.7. The van der Waals surface area contributed by atoms with E-state index in [2.05, 4.69) is 75.4 Å². The number of pyridine rings is 1. The minimum absolute atomic E-state index is 0.469. The van der Waals surface area contributed by atoms with E-state index < -0.39 is 0 Å². The minimum Gasteiger partial charge on any atom is -0.361 e. The summed E-state index contributed by atoms with van der Waals surface area (Å²) in [5.74, 6) is 6.47. The van der Waals surface area contributed by atoms with Crippen molar-refractivity contribution in [1.82, 2.24) is 14.9 Å². The molecule has 1 saturated heterocycles. The van der Waals surface area contributed by atoms with E-state index in [0.717, 1.165) is 34.3 Å². The Bertz CT molecular complexity index is 1390. The molecular formula is C28H25N5. The van der Waals surface area contributed by atoms with Gasteiger partial charge in [0.2, 0.25) is 0 Å². The summed E-state index contributed by atoms with van der Waals surface area (Å²) in [6.45, 7) is 5.45. The summed E-state index contributed by atoms with van der Waals surface area (Å²) in [4.78, 5) is 9.95. The number of aromatic amines is 1. The molecule has 1 fully saturated rings. The van der Waals surface area contributed by atoms with Gasteiger partial charge < -0.3 is 10.3 Å². The number of nitrogens with zero attached hydrogens (tertiary/aromatic N) is 3. The molecule has 2 aromatic heterocycles. The molecule has 0 spiro atoms. The Labute approximate surface area is 194 Å². The Hall–Kier alpha value is -4.06. The number of nitrogens with one attached hydrogen (secondary N) is 2. The van der Waals surface area contributed by atoms with E-state index in [4.69, 9.17) is 0 Å². The van der Waals surface area contributed by atoms with Crippen molar-refractivity contribution >= 4 is 22.3 Å². The zero-order valence-corrected chi connectivity index (χ0v) is 18.7. The van der Waals surface area contributed by atoms with Gasteiger partial charge in [-0.2, -0.15) is 5.26 Å². The molecule has 0 bridgehead atoms. The van der Waals surface area contributed by atoms with Gasteiger partial charge in [0.05, 0.1) is 16.8 Å². The molecule has 162 valence electrons. The molecule has 33 heavy (non-hydrogen) atoms. The normalized spacial score (nSPS) is 13.5. The average molecular weight is 432 g/mol. The van der Waals surface area contributed by atoms with Gasteiger partial charge in [0.1, 0.15) is 6.07 Å². The SMILES string of the molecule is Cc1c(Nc2c(C#N)cncc2C#Cc2ccc(CN3CCCC3)cc2)ccc2[nH]ccc12. The second-order valence-corrected chi connectivity index (χ2v) is 8.45. The molecule has 0 aliphatic carbocycles. The monoisotopic (exact) mass is 431 g/mol. The first-order valence-corrected chi connectivity index (χ1v) is 11.3. The Kier molecular flexibility index (Phi) is 5.81. The van der Waals surface area contributed by atoms with Crippen molar-refractivity contribution in [2.24, 2.45) is 0 Å². The smallest absolute Gasteiger partial charge is 0.103 e. The fourth-order valence-corrected chi connectivity index (χ4v) is 4.36. The van der Waals surface area contributed by atoms with Crippen LogP contribution in [0.25, 0.3) is 10.9 Å². The highest BCUT2D eigenvalue weighted by molar-refractivity contribution is 5.89. The molecule has 1 aliphatic rings. The molecule has 3 heterocycles. The van der Waals surface area contributed by atoms with E-state index in [1.807, 2.05) is 18.3 Å². The van der Waals surface area contributed by atoms with Gasteiger partial charge in [-0.05, 0) is 74.3 Å². The number of aromatic nitrogens is 2. The molecule has 4 aromatic rings. The number of hydrogen-bond acceptors (Lipinski definition) is 4. The van der Waals surface area contributed by atoms with Crippen LogP contribution in [0.15, 0.2) is 61.1 Å². The van der Waals surface area contributed by atoms with Crippen molar-refractivity contribution in [1.29, 1.82) is 5.26 Å². The number of benzene rings is 2. The van der Waals surface area contributed by atoms with E-state index >= 15 is 0 Å². The van der Waals surface area contributed by atoms with Gasteiger partial charge in [-0.15, -0.1) is 0 Å². The fourth-order valence-electron chi connectivity index (χ4n) is 4.36. The van der Waals surface area contributed by atoms with Gasteiger partial charge in [0.15, 0.2) is 0 Å². The highest BCUT2D eigenvalue weighted by atomic mass is 15.1. The molecule has 5 rings (SSSR count). The maximum Gasteiger partial charge on any atom is 0.103 e. The second kappa shape index (κ2) is 9.20. The maximum atomic E-state index is 9.67. The summed E-state index contributed by atoms with van der Waals surface area (Å²) < 4.78 is 0. The van der Waals surface area contributed by atoms with Gasteiger partial charge >= 0.3 is 0 Å². The second-order valence-electron chi connectivity index (χ2n) is 8.45. The standard InChI is InChI=1S/C28H25N5/c1-20-25-12-13-31-27(25)11-10-26(20)32-28-23(17-30-18-24(28)16-29)9-8-21-4-6-22(7-5-21)19-33-14-2-3-15-33/h4-7,10-13,17-18,31H,2-3,14-15,19H2,1H3,(H,30,32). The van der Waals surface area contributed by atoms with Crippen LogP contribution < -0.4 is 5.32 Å². The van der Waals surface area contributed by atoms with E-state index in [1.54, 1.807) is 12.4 Å². The number of hydrogen-bond donors (Lipinski definition) is 2. The first-order valence-electron chi connectivity index (χ1n) is 11.3. The topological polar surface area (TPSA) is 67.7 Å². The number of aryl methyl sites for hydroxylation is 1. The van der Waals surface area contributed by atoms with Crippen molar-refractivity contribution in [2.75, 3.05) is 18.4 Å². The molecular weight excluding hydrogens is 406 g/mol. The first-order chi connectivity index (χ1) is 16.2. The van der Waals surface area contributed by atoms with Gasteiger partial charge in [0.25, 0.3) is 0 Å². The van der Waals surface area contributed by atoms with Crippen molar-refractivity contribution in [3.63, 3.8) is 0 Å². The lowest BCUT2D eigenvalue weighted by Crippen LogP contribution is -2.18. The molecule has 1 aliphatic heterocycles.